The van der Waals surface area contributed by atoms with Gasteiger partial charge in [0, 0.05) is 5.56 Å². The van der Waals surface area contributed by atoms with Crippen LogP contribution in [0.3, 0.4) is 0 Å². The molecule has 134 valence electrons. The quantitative estimate of drug-likeness (QED) is 0.331. The van der Waals surface area contributed by atoms with E-state index in [9.17, 15) is 9.59 Å². The molecule has 27 heavy (non-hydrogen) atoms. The molecule has 0 aliphatic rings. The molecule has 5 heteroatoms. The van der Waals surface area contributed by atoms with Gasteiger partial charge in [0.1, 0.15) is 0 Å². The van der Waals surface area contributed by atoms with Gasteiger partial charge in [0.25, 0.3) is 0 Å². The van der Waals surface area contributed by atoms with Crippen LogP contribution in [0.1, 0.15) is 33.2 Å². The van der Waals surface area contributed by atoms with Crippen molar-refractivity contribution in [2.75, 3.05) is 6.61 Å². The first kappa shape index (κ1) is 18.2. The molecule has 0 atom stereocenters. The summed E-state index contributed by atoms with van der Waals surface area (Å²) in [5.41, 5.74) is 2.59. The minimum atomic E-state index is -0.375. The second-order valence-corrected chi connectivity index (χ2v) is 5.68. The average Bonchev–Trinajstić information content (AvgIpc) is 2.73. The first-order valence-electron chi connectivity index (χ1n) is 8.56. The highest BCUT2D eigenvalue weighted by atomic mass is 16.5. The van der Waals surface area contributed by atoms with Crippen LogP contribution in [0, 0.1) is 0 Å². The lowest BCUT2D eigenvalue weighted by atomic mass is 10.0. The van der Waals surface area contributed by atoms with Crippen molar-refractivity contribution in [3.8, 4) is 0 Å². The molecule has 0 amide bonds. The lowest BCUT2D eigenvalue weighted by Crippen LogP contribution is -2.03. The van der Waals surface area contributed by atoms with Crippen molar-refractivity contribution in [2.24, 2.45) is 10.2 Å². The Hall–Kier alpha value is -3.60. The number of esters is 1. The summed E-state index contributed by atoms with van der Waals surface area (Å²) in [7, 11) is 0. The Morgan fingerprint density at radius 3 is 2.15 bits per heavy atom. The molecule has 0 N–H and O–H groups in total. The van der Waals surface area contributed by atoms with E-state index < -0.39 is 0 Å². The van der Waals surface area contributed by atoms with Gasteiger partial charge in [0.2, 0.25) is 0 Å². The van der Waals surface area contributed by atoms with Gasteiger partial charge in [-0.3, -0.25) is 4.79 Å². The first-order chi connectivity index (χ1) is 13.2. The van der Waals surface area contributed by atoms with Crippen LogP contribution in [-0.2, 0) is 4.74 Å². The molecule has 0 saturated carbocycles. The number of carbonyl (C=O) groups is 2. The van der Waals surface area contributed by atoms with Crippen molar-refractivity contribution in [1.29, 1.82) is 0 Å². The zero-order valence-corrected chi connectivity index (χ0v) is 14.8. The Morgan fingerprint density at radius 1 is 0.778 bits per heavy atom. The Balaban J connectivity index is 1.82. The number of azo groups is 1. The van der Waals surface area contributed by atoms with E-state index in [0.717, 1.165) is 0 Å². The molecule has 0 heterocycles. The molecule has 0 bridgehead atoms. The molecular weight excluding hydrogens is 340 g/mol. The van der Waals surface area contributed by atoms with Crippen LogP contribution in [0.2, 0.25) is 0 Å². The highest BCUT2D eigenvalue weighted by Gasteiger charge is 2.12. The maximum Gasteiger partial charge on any atom is 0.338 e. The van der Waals surface area contributed by atoms with Gasteiger partial charge >= 0.3 is 5.97 Å². The third-order valence-electron chi connectivity index (χ3n) is 3.84. The summed E-state index contributed by atoms with van der Waals surface area (Å²) in [6, 6.07) is 22.7. The van der Waals surface area contributed by atoms with Crippen molar-refractivity contribution in [1.82, 2.24) is 0 Å². The summed E-state index contributed by atoms with van der Waals surface area (Å²) in [4.78, 5) is 24.4. The van der Waals surface area contributed by atoms with Gasteiger partial charge < -0.3 is 4.74 Å². The molecular formula is C22H18N2O3. The number of benzene rings is 3. The van der Waals surface area contributed by atoms with E-state index in [0.29, 0.717) is 34.7 Å². The van der Waals surface area contributed by atoms with Crippen LogP contribution >= 0.6 is 0 Å². The molecule has 5 nitrogen and oxygen atoms in total. The molecule has 0 aromatic heterocycles. The van der Waals surface area contributed by atoms with Crippen LogP contribution < -0.4 is 0 Å². The SMILES string of the molecule is CCOC(=O)c1ccc(N=Nc2ccccc2C(=O)c2ccccc2)cc1. The third kappa shape index (κ3) is 4.52. The summed E-state index contributed by atoms with van der Waals surface area (Å²) in [6.45, 7) is 2.08. The molecule has 3 rings (SSSR count). The topological polar surface area (TPSA) is 68.1 Å². The third-order valence-corrected chi connectivity index (χ3v) is 3.84. The Labute approximate surface area is 157 Å². The van der Waals surface area contributed by atoms with Gasteiger partial charge in [-0.05, 0) is 43.3 Å². The highest BCUT2D eigenvalue weighted by molar-refractivity contribution is 6.11. The van der Waals surface area contributed by atoms with Crippen molar-refractivity contribution in [3.63, 3.8) is 0 Å². The van der Waals surface area contributed by atoms with E-state index in [1.54, 1.807) is 67.6 Å². The fourth-order valence-corrected chi connectivity index (χ4v) is 2.49. The first-order valence-corrected chi connectivity index (χ1v) is 8.56. The molecule has 0 saturated heterocycles. The lowest BCUT2D eigenvalue weighted by Gasteiger charge is -2.04. The number of rotatable bonds is 6. The van der Waals surface area contributed by atoms with Crippen LogP contribution in [0.25, 0.3) is 0 Å². The number of ether oxygens (including phenoxy) is 1. The zero-order chi connectivity index (χ0) is 19.1. The van der Waals surface area contributed by atoms with E-state index in [4.69, 9.17) is 4.74 Å². The van der Waals surface area contributed by atoms with Gasteiger partial charge in [0.05, 0.1) is 29.1 Å². The lowest BCUT2D eigenvalue weighted by molar-refractivity contribution is 0.0526. The summed E-state index contributed by atoms with van der Waals surface area (Å²) in [5, 5.41) is 8.40. The maximum atomic E-state index is 12.7. The predicted molar refractivity (Wildman–Crippen MR) is 103 cm³/mol. The number of hydrogen-bond acceptors (Lipinski definition) is 5. The minimum Gasteiger partial charge on any atom is -0.462 e. The summed E-state index contributed by atoms with van der Waals surface area (Å²) in [5.74, 6) is -0.484. The van der Waals surface area contributed by atoms with Crippen molar-refractivity contribution >= 4 is 23.1 Å². The molecule has 0 aliphatic carbocycles. The van der Waals surface area contributed by atoms with Crippen molar-refractivity contribution in [3.05, 3.63) is 95.6 Å². The van der Waals surface area contributed by atoms with Gasteiger partial charge in [0.15, 0.2) is 5.78 Å². The summed E-state index contributed by atoms with van der Waals surface area (Å²) in [6.07, 6.45) is 0. The fourth-order valence-electron chi connectivity index (χ4n) is 2.49. The Kier molecular flexibility index (Phi) is 5.84. The van der Waals surface area contributed by atoms with Crippen molar-refractivity contribution < 1.29 is 14.3 Å². The van der Waals surface area contributed by atoms with E-state index in [1.807, 2.05) is 18.2 Å². The monoisotopic (exact) mass is 358 g/mol. The van der Waals surface area contributed by atoms with Gasteiger partial charge in [-0.2, -0.15) is 5.11 Å². The minimum absolute atomic E-state index is 0.109. The van der Waals surface area contributed by atoms with Crippen LogP contribution in [-0.4, -0.2) is 18.4 Å². The van der Waals surface area contributed by atoms with Gasteiger partial charge in [-0.25, -0.2) is 4.79 Å². The molecule has 0 radical (unpaired) electrons. The largest absolute Gasteiger partial charge is 0.462 e. The standard InChI is InChI=1S/C22H18N2O3/c1-2-27-22(26)17-12-14-18(15-13-17)23-24-20-11-7-6-10-19(20)21(25)16-8-4-3-5-9-16/h3-15H,2H2,1H3. The molecule has 0 fully saturated rings. The average molecular weight is 358 g/mol. The summed E-state index contributed by atoms with van der Waals surface area (Å²) < 4.78 is 4.95. The van der Waals surface area contributed by atoms with E-state index in [2.05, 4.69) is 10.2 Å². The fraction of sp³-hybridized carbons (Fsp3) is 0.0909. The van der Waals surface area contributed by atoms with Gasteiger partial charge in [-0.1, -0.05) is 42.5 Å². The normalized spacial score (nSPS) is 10.7. The van der Waals surface area contributed by atoms with Crippen molar-refractivity contribution in [2.45, 2.75) is 6.92 Å². The van der Waals surface area contributed by atoms with Crippen LogP contribution in [0.15, 0.2) is 89.1 Å². The Morgan fingerprint density at radius 2 is 1.44 bits per heavy atom. The molecule has 0 unspecified atom stereocenters. The van der Waals surface area contributed by atoms with E-state index >= 15 is 0 Å². The Bertz CT molecular complexity index is 964. The number of carbonyl (C=O) groups excluding carboxylic acids is 2. The highest BCUT2D eigenvalue weighted by Crippen LogP contribution is 2.25. The number of ketones is 1. The smallest absolute Gasteiger partial charge is 0.338 e. The van der Waals surface area contributed by atoms with E-state index in [-0.39, 0.29) is 11.8 Å². The summed E-state index contributed by atoms with van der Waals surface area (Å²) >= 11 is 0. The molecule has 3 aromatic rings. The maximum absolute atomic E-state index is 12.7. The van der Waals surface area contributed by atoms with Crippen LogP contribution in [0.4, 0.5) is 11.4 Å². The number of hydrogen-bond donors (Lipinski definition) is 0. The molecule has 0 aliphatic heterocycles. The van der Waals surface area contributed by atoms with E-state index in [1.165, 1.54) is 0 Å². The number of nitrogens with zero attached hydrogens (tertiary/aromatic N) is 2. The predicted octanol–water partition coefficient (Wildman–Crippen LogP) is 5.51. The molecule has 0 spiro atoms. The molecule has 3 aromatic carbocycles. The second-order valence-electron chi connectivity index (χ2n) is 5.68. The van der Waals surface area contributed by atoms with Crippen LogP contribution in [0.5, 0.6) is 0 Å². The van der Waals surface area contributed by atoms with Gasteiger partial charge in [-0.15, -0.1) is 5.11 Å². The zero-order valence-electron chi connectivity index (χ0n) is 14.8. The second kappa shape index (κ2) is 8.67.